The molecule has 0 aliphatic heterocycles. The third kappa shape index (κ3) is 9.52. The first-order valence-electron chi connectivity index (χ1n) is 15.8. The van der Waals surface area contributed by atoms with Crippen LogP contribution in [0.3, 0.4) is 0 Å². The number of nitro groups is 1. The number of hydrogen-bond donors (Lipinski definition) is 1. The lowest BCUT2D eigenvalue weighted by atomic mass is 10.0. The van der Waals surface area contributed by atoms with Crippen LogP contribution in [-0.4, -0.2) is 56.3 Å². The predicted molar refractivity (Wildman–Crippen MR) is 194 cm³/mol. The summed E-state index contributed by atoms with van der Waals surface area (Å²) in [5.41, 5.74) is 1.20. The lowest BCUT2D eigenvalue weighted by molar-refractivity contribution is -0.385. The van der Waals surface area contributed by atoms with E-state index in [0.717, 1.165) is 28.8 Å². The molecule has 50 heavy (non-hydrogen) atoms. The average molecular weight is 742 g/mol. The molecular formula is C36H38Cl2N4O7S. The number of sulfonamides is 1. The summed E-state index contributed by atoms with van der Waals surface area (Å²) in [6.07, 6.45) is 1.69. The molecule has 14 heteroatoms. The summed E-state index contributed by atoms with van der Waals surface area (Å²) in [6, 6.07) is 22.7. The number of nitrogens with zero attached hydrogens (tertiary/aromatic N) is 3. The zero-order chi connectivity index (χ0) is 36.4. The van der Waals surface area contributed by atoms with Gasteiger partial charge in [-0.15, -0.1) is 0 Å². The topological polar surface area (TPSA) is 139 Å². The van der Waals surface area contributed by atoms with E-state index in [1.807, 2.05) is 37.3 Å². The van der Waals surface area contributed by atoms with Crippen molar-refractivity contribution in [2.75, 3.05) is 24.5 Å². The van der Waals surface area contributed by atoms with Gasteiger partial charge in [-0.3, -0.25) is 24.0 Å². The first-order chi connectivity index (χ1) is 23.8. The number of carbonyl (C=O) groups excluding carboxylic acids is 2. The van der Waals surface area contributed by atoms with E-state index in [4.69, 9.17) is 27.9 Å². The van der Waals surface area contributed by atoms with Crippen LogP contribution in [0.25, 0.3) is 0 Å². The second-order valence-electron chi connectivity index (χ2n) is 11.5. The van der Waals surface area contributed by atoms with Gasteiger partial charge in [-0.1, -0.05) is 85.1 Å². The van der Waals surface area contributed by atoms with Crippen molar-refractivity contribution in [2.45, 2.75) is 50.6 Å². The number of anilines is 1. The van der Waals surface area contributed by atoms with Crippen LogP contribution in [0.1, 0.15) is 36.5 Å². The molecule has 11 nitrogen and oxygen atoms in total. The molecule has 0 bridgehead atoms. The maximum absolute atomic E-state index is 14.7. The van der Waals surface area contributed by atoms with Gasteiger partial charge in [-0.25, -0.2) is 8.42 Å². The number of nitrogens with one attached hydrogen (secondary N) is 1. The van der Waals surface area contributed by atoms with Gasteiger partial charge in [0, 0.05) is 41.2 Å². The van der Waals surface area contributed by atoms with Gasteiger partial charge in [-0.05, 0) is 60.9 Å². The Morgan fingerprint density at radius 2 is 1.62 bits per heavy atom. The third-order valence-electron chi connectivity index (χ3n) is 8.02. The number of methoxy groups -OCH3 is 1. The summed E-state index contributed by atoms with van der Waals surface area (Å²) in [5, 5.41) is 15.3. The van der Waals surface area contributed by atoms with Crippen LogP contribution in [-0.2, 0) is 32.6 Å². The lowest BCUT2D eigenvalue weighted by Crippen LogP contribution is -2.53. The molecule has 0 saturated carbocycles. The van der Waals surface area contributed by atoms with E-state index < -0.39 is 49.9 Å². The number of halogens is 2. The van der Waals surface area contributed by atoms with E-state index in [1.165, 1.54) is 49.3 Å². The highest BCUT2D eigenvalue weighted by Crippen LogP contribution is 2.36. The van der Waals surface area contributed by atoms with Crippen LogP contribution in [0.2, 0.25) is 10.0 Å². The van der Waals surface area contributed by atoms with Crippen molar-refractivity contribution < 1.29 is 27.7 Å². The zero-order valence-corrected chi connectivity index (χ0v) is 30.2. The lowest BCUT2D eigenvalue weighted by Gasteiger charge is -2.34. The second-order valence-corrected chi connectivity index (χ2v) is 14.3. The molecule has 2 amide bonds. The van der Waals surface area contributed by atoms with E-state index in [0.29, 0.717) is 17.1 Å². The molecule has 4 rings (SSSR count). The predicted octanol–water partition coefficient (Wildman–Crippen LogP) is 6.97. The van der Waals surface area contributed by atoms with Crippen LogP contribution >= 0.6 is 23.2 Å². The molecule has 0 radical (unpaired) electrons. The molecule has 0 spiro atoms. The van der Waals surface area contributed by atoms with Gasteiger partial charge < -0.3 is 15.0 Å². The van der Waals surface area contributed by atoms with Gasteiger partial charge in [0.05, 0.1) is 22.6 Å². The smallest absolute Gasteiger partial charge is 0.273 e. The molecule has 0 aliphatic carbocycles. The van der Waals surface area contributed by atoms with E-state index in [1.54, 1.807) is 24.3 Å². The van der Waals surface area contributed by atoms with Crippen LogP contribution in [0, 0.1) is 17.0 Å². The van der Waals surface area contributed by atoms with Crippen molar-refractivity contribution in [3.8, 4) is 5.75 Å². The van der Waals surface area contributed by atoms with Crippen molar-refractivity contribution in [1.82, 2.24) is 10.2 Å². The van der Waals surface area contributed by atoms with Crippen molar-refractivity contribution in [1.29, 1.82) is 0 Å². The summed E-state index contributed by atoms with van der Waals surface area (Å²) >= 11 is 12.5. The Labute approximate surface area is 302 Å². The summed E-state index contributed by atoms with van der Waals surface area (Å²) in [7, 11) is -3.35. The second kappa shape index (κ2) is 17.3. The molecule has 0 fully saturated rings. The quantitative estimate of drug-likeness (QED) is 0.0744. The standard InChI is InChI=1S/C36H38Cl2N4O7S/c1-4-5-19-39-36(44)33(20-26-9-7-6-8-10-26)40(23-27-12-14-28(37)15-13-27)35(43)24-41(32-21-29(38)16-18-34(32)49-3)50(47,48)30-17-11-25(2)31(22-30)42(45)46/h6-18,21-22,33H,4-5,19-20,23-24H2,1-3H3,(H,39,44). The number of unbranched alkanes of at least 4 members (excludes halogenated alkanes) is 1. The molecule has 0 heterocycles. The van der Waals surface area contributed by atoms with Crippen LogP contribution in [0.4, 0.5) is 11.4 Å². The van der Waals surface area contributed by atoms with Crippen molar-refractivity contribution >= 4 is 56.4 Å². The Kier molecular flexibility index (Phi) is 13.2. The third-order valence-corrected chi connectivity index (χ3v) is 10.3. The maximum atomic E-state index is 14.7. The largest absolute Gasteiger partial charge is 0.495 e. The Balaban J connectivity index is 1.87. The molecule has 264 valence electrons. The molecule has 4 aromatic carbocycles. The fourth-order valence-corrected chi connectivity index (χ4v) is 7.02. The number of carbonyl (C=O) groups is 2. The fourth-order valence-electron chi connectivity index (χ4n) is 5.29. The summed E-state index contributed by atoms with van der Waals surface area (Å²) in [5.74, 6) is -1.05. The van der Waals surface area contributed by atoms with Gasteiger partial charge in [0.25, 0.3) is 15.7 Å². The first kappa shape index (κ1) is 38.2. The van der Waals surface area contributed by atoms with Gasteiger partial charge in [0.15, 0.2) is 0 Å². The SMILES string of the molecule is CCCCNC(=O)C(Cc1ccccc1)N(Cc1ccc(Cl)cc1)C(=O)CN(c1cc(Cl)ccc1OC)S(=O)(=O)c1ccc(C)c([N+](=O)[O-])c1. The minimum Gasteiger partial charge on any atom is -0.495 e. The number of amides is 2. The highest BCUT2D eigenvalue weighted by atomic mass is 35.5. The number of rotatable bonds is 16. The summed E-state index contributed by atoms with van der Waals surface area (Å²) in [6.45, 7) is 3.00. The van der Waals surface area contributed by atoms with Crippen molar-refractivity contribution in [2.24, 2.45) is 0 Å². The van der Waals surface area contributed by atoms with Crippen LogP contribution < -0.4 is 14.4 Å². The normalized spacial score (nSPS) is 11.8. The molecular weight excluding hydrogens is 703 g/mol. The maximum Gasteiger partial charge on any atom is 0.273 e. The average Bonchev–Trinajstić information content (AvgIpc) is 3.09. The number of nitro benzene ring substituents is 1. The molecule has 1 N–H and O–H groups in total. The van der Waals surface area contributed by atoms with Gasteiger partial charge >= 0.3 is 0 Å². The first-order valence-corrected chi connectivity index (χ1v) is 18.0. The van der Waals surface area contributed by atoms with Gasteiger partial charge in [-0.2, -0.15) is 0 Å². The Bertz CT molecular complexity index is 1930. The fraction of sp³-hybridized carbons (Fsp3) is 0.278. The van der Waals surface area contributed by atoms with Gasteiger partial charge in [0.2, 0.25) is 11.8 Å². The molecule has 0 saturated heterocycles. The highest BCUT2D eigenvalue weighted by molar-refractivity contribution is 7.92. The molecule has 1 unspecified atom stereocenters. The molecule has 0 aromatic heterocycles. The monoisotopic (exact) mass is 740 g/mol. The van der Waals surface area contributed by atoms with E-state index in [2.05, 4.69) is 5.32 Å². The van der Waals surface area contributed by atoms with Crippen molar-refractivity contribution in [3.63, 3.8) is 0 Å². The Morgan fingerprint density at radius 1 is 0.940 bits per heavy atom. The molecule has 0 aliphatic rings. The van der Waals surface area contributed by atoms with E-state index in [-0.39, 0.29) is 35.0 Å². The van der Waals surface area contributed by atoms with Crippen molar-refractivity contribution in [3.05, 3.63) is 128 Å². The highest BCUT2D eigenvalue weighted by Gasteiger charge is 2.36. The Morgan fingerprint density at radius 3 is 2.26 bits per heavy atom. The minimum absolute atomic E-state index is 0.0642. The Hall–Kier alpha value is -4.65. The number of aryl methyl sites for hydroxylation is 1. The van der Waals surface area contributed by atoms with Crippen LogP contribution in [0.15, 0.2) is 95.9 Å². The zero-order valence-electron chi connectivity index (χ0n) is 27.8. The number of benzene rings is 4. The number of hydrogen-bond acceptors (Lipinski definition) is 7. The van der Waals surface area contributed by atoms with Crippen LogP contribution in [0.5, 0.6) is 5.75 Å². The summed E-state index contributed by atoms with van der Waals surface area (Å²) < 4.78 is 35.2. The van der Waals surface area contributed by atoms with E-state index in [9.17, 15) is 28.1 Å². The summed E-state index contributed by atoms with van der Waals surface area (Å²) in [4.78, 5) is 40.6. The minimum atomic E-state index is -4.68. The molecule has 1 atom stereocenters. The molecule has 4 aromatic rings. The van der Waals surface area contributed by atoms with E-state index >= 15 is 0 Å². The number of ether oxygens (including phenoxy) is 1. The van der Waals surface area contributed by atoms with Gasteiger partial charge in [0.1, 0.15) is 18.3 Å².